The molecule has 1 amide bonds. The van der Waals surface area contributed by atoms with Crippen molar-refractivity contribution >= 4 is 29.0 Å². The molecule has 1 unspecified atom stereocenters. The van der Waals surface area contributed by atoms with Crippen LogP contribution >= 0.6 is 23.1 Å². The number of furan rings is 1. The van der Waals surface area contributed by atoms with Gasteiger partial charge in [0.05, 0.1) is 17.1 Å². The van der Waals surface area contributed by atoms with Gasteiger partial charge in [0.2, 0.25) is 0 Å². The summed E-state index contributed by atoms with van der Waals surface area (Å²) in [5.74, 6) is 2.14. The molecule has 0 aliphatic carbocycles. The van der Waals surface area contributed by atoms with Crippen LogP contribution < -0.4 is 0 Å². The molecule has 100 valence electrons. The van der Waals surface area contributed by atoms with Crippen molar-refractivity contribution in [2.75, 3.05) is 18.8 Å². The molecule has 0 saturated carbocycles. The van der Waals surface area contributed by atoms with Crippen LogP contribution in [-0.2, 0) is 0 Å². The Labute approximate surface area is 120 Å². The standard InChI is InChI=1S/C14H15NO2S2/c16-14(11-4-8-18-10-11)15-5-3-13(19-9-6-15)12-2-1-7-17-12/h1-2,4,7-8,10,13H,3,5-6,9H2. The van der Waals surface area contributed by atoms with Gasteiger partial charge in [0.15, 0.2) is 0 Å². The maximum Gasteiger partial charge on any atom is 0.254 e. The first-order valence-corrected chi connectivity index (χ1v) is 8.30. The Balaban J connectivity index is 1.66. The Morgan fingerprint density at radius 3 is 3.05 bits per heavy atom. The first-order chi connectivity index (χ1) is 9.34. The Morgan fingerprint density at radius 2 is 2.32 bits per heavy atom. The molecule has 1 aliphatic rings. The summed E-state index contributed by atoms with van der Waals surface area (Å²) in [4.78, 5) is 14.3. The third-order valence-electron chi connectivity index (χ3n) is 3.26. The van der Waals surface area contributed by atoms with Crippen molar-refractivity contribution in [1.82, 2.24) is 4.90 Å². The summed E-state index contributed by atoms with van der Waals surface area (Å²) >= 11 is 3.44. The van der Waals surface area contributed by atoms with Gasteiger partial charge < -0.3 is 9.32 Å². The molecule has 5 heteroatoms. The molecule has 0 N–H and O–H groups in total. The van der Waals surface area contributed by atoms with Crippen LogP contribution in [0.4, 0.5) is 0 Å². The molecule has 3 heterocycles. The van der Waals surface area contributed by atoms with E-state index in [0.717, 1.165) is 36.6 Å². The fourth-order valence-corrected chi connectivity index (χ4v) is 4.05. The normalized spacial score (nSPS) is 20.2. The van der Waals surface area contributed by atoms with E-state index in [-0.39, 0.29) is 5.91 Å². The molecule has 0 bridgehead atoms. The molecule has 1 atom stereocenters. The fourth-order valence-electron chi connectivity index (χ4n) is 2.24. The molecular formula is C14H15NO2S2. The maximum atomic E-state index is 12.3. The van der Waals surface area contributed by atoms with Gasteiger partial charge in [-0.1, -0.05) is 0 Å². The van der Waals surface area contributed by atoms with Crippen molar-refractivity contribution in [3.8, 4) is 0 Å². The van der Waals surface area contributed by atoms with E-state index >= 15 is 0 Å². The molecule has 3 rings (SSSR count). The molecule has 3 nitrogen and oxygen atoms in total. The lowest BCUT2D eigenvalue weighted by molar-refractivity contribution is 0.0766. The molecule has 0 radical (unpaired) electrons. The van der Waals surface area contributed by atoms with Crippen LogP contribution in [-0.4, -0.2) is 29.6 Å². The van der Waals surface area contributed by atoms with Crippen LogP contribution in [0.1, 0.15) is 27.8 Å². The predicted octanol–water partition coefficient (Wildman–Crippen LogP) is 3.66. The molecule has 0 aromatic carbocycles. The van der Waals surface area contributed by atoms with E-state index in [2.05, 4.69) is 0 Å². The zero-order chi connectivity index (χ0) is 13.1. The number of thioether (sulfide) groups is 1. The Hall–Kier alpha value is -1.20. The zero-order valence-electron chi connectivity index (χ0n) is 10.5. The van der Waals surface area contributed by atoms with Crippen LogP contribution in [0.15, 0.2) is 39.6 Å². The Morgan fingerprint density at radius 1 is 1.37 bits per heavy atom. The van der Waals surface area contributed by atoms with Crippen LogP contribution in [0.3, 0.4) is 0 Å². The summed E-state index contributed by atoms with van der Waals surface area (Å²) in [6.45, 7) is 1.61. The first kappa shape index (κ1) is 12.8. The highest BCUT2D eigenvalue weighted by Gasteiger charge is 2.24. The highest BCUT2D eigenvalue weighted by molar-refractivity contribution is 7.99. The predicted molar refractivity (Wildman–Crippen MR) is 78.7 cm³/mol. The van der Waals surface area contributed by atoms with Gasteiger partial charge in [0, 0.05) is 24.2 Å². The SMILES string of the molecule is O=C(c1ccsc1)N1CCSC(c2ccco2)CC1. The number of rotatable bonds is 2. The molecule has 1 saturated heterocycles. The summed E-state index contributed by atoms with van der Waals surface area (Å²) < 4.78 is 5.47. The van der Waals surface area contributed by atoms with Gasteiger partial charge in [0.1, 0.15) is 5.76 Å². The highest BCUT2D eigenvalue weighted by Crippen LogP contribution is 2.34. The van der Waals surface area contributed by atoms with Gasteiger partial charge >= 0.3 is 0 Å². The quantitative estimate of drug-likeness (QED) is 0.847. The van der Waals surface area contributed by atoms with E-state index in [1.807, 2.05) is 45.6 Å². The fraction of sp³-hybridized carbons (Fsp3) is 0.357. The maximum absolute atomic E-state index is 12.3. The van der Waals surface area contributed by atoms with E-state index in [9.17, 15) is 4.79 Å². The number of hydrogen-bond acceptors (Lipinski definition) is 4. The van der Waals surface area contributed by atoms with Gasteiger partial charge in [-0.15, -0.1) is 11.8 Å². The molecular weight excluding hydrogens is 278 g/mol. The van der Waals surface area contributed by atoms with Crippen molar-refractivity contribution in [3.05, 3.63) is 46.5 Å². The molecule has 2 aromatic rings. The molecule has 1 fully saturated rings. The molecule has 2 aromatic heterocycles. The summed E-state index contributed by atoms with van der Waals surface area (Å²) in [6, 6.07) is 5.85. The van der Waals surface area contributed by atoms with Crippen LogP contribution in [0.2, 0.25) is 0 Å². The second-order valence-corrected chi connectivity index (χ2v) is 6.56. The lowest BCUT2D eigenvalue weighted by Crippen LogP contribution is -2.32. The Bertz CT molecular complexity index is 522. The lowest BCUT2D eigenvalue weighted by Gasteiger charge is -2.19. The van der Waals surface area contributed by atoms with Crippen molar-refractivity contribution < 1.29 is 9.21 Å². The van der Waals surface area contributed by atoms with Crippen LogP contribution in [0, 0.1) is 0 Å². The van der Waals surface area contributed by atoms with Gasteiger partial charge in [-0.3, -0.25) is 4.79 Å². The van der Waals surface area contributed by atoms with Gasteiger partial charge in [-0.05, 0) is 30.0 Å². The number of thiophene rings is 1. The number of hydrogen-bond donors (Lipinski definition) is 0. The van der Waals surface area contributed by atoms with Crippen molar-refractivity contribution in [3.63, 3.8) is 0 Å². The first-order valence-electron chi connectivity index (χ1n) is 6.31. The average Bonchev–Trinajstić information content (AvgIpc) is 3.08. The van der Waals surface area contributed by atoms with Crippen molar-refractivity contribution in [1.29, 1.82) is 0 Å². The largest absolute Gasteiger partial charge is 0.468 e. The number of amides is 1. The van der Waals surface area contributed by atoms with E-state index in [4.69, 9.17) is 4.42 Å². The number of nitrogens with zero attached hydrogens (tertiary/aromatic N) is 1. The number of carbonyl (C=O) groups excluding carboxylic acids is 1. The minimum absolute atomic E-state index is 0.155. The van der Waals surface area contributed by atoms with Crippen LogP contribution in [0.5, 0.6) is 0 Å². The van der Waals surface area contributed by atoms with E-state index in [1.54, 1.807) is 17.6 Å². The van der Waals surface area contributed by atoms with Crippen molar-refractivity contribution in [2.24, 2.45) is 0 Å². The van der Waals surface area contributed by atoms with E-state index < -0.39 is 0 Å². The molecule has 19 heavy (non-hydrogen) atoms. The second kappa shape index (κ2) is 5.84. The van der Waals surface area contributed by atoms with Gasteiger partial charge in [-0.2, -0.15) is 11.3 Å². The topological polar surface area (TPSA) is 33.5 Å². The minimum Gasteiger partial charge on any atom is -0.468 e. The number of carbonyl (C=O) groups is 1. The second-order valence-electron chi connectivity index (χ2n) is 4.47. The molecule has 1 aliphatic heterocycles. The van der Waals surface area contributed by atoms with E-state index in [0.29, 0.717) is 5.25 Å². The van der Waals surface area contributed by atoms with Gasteiger partial charge in [0.25, 0.3) is 5.91 Å². The lowest BCUT2D eigenvalue weighted by atomic mass is 10.2. The minimum atomic E-state index is 0.155. The zero-order valence-corrected chi connectivity index (χ0v) is 12.1. The van der Waals surface area contributed by atoms with Gasteiger partial charge in [-0.25, -0.2) is 0 Å². The molecule has 0 spiro atoms. The highest BCUT2D eigenvalue weighted by atomic mass is 32.2. The summed E-state index contributed by atoms with van der Waals surface area (Å²) in [5, 5.41) is 4.24. The smallest absolute Gasteiger partial charge is 0.254 e. The summed E-state index contributed by atoms with van der Waals surface area (Å²) in [6.07, 6.45) is 2.67. The van der Waals surface area contributed by atoms with Crippen molar-refractivity contribution in [2.45, 2.75) is 11.7 Å². The Kier molecular flexibility index (Phi) is 3.94. The average molecular weight is 293 g/mol. The summed E-state index contributed by atoms with van der Waals surface area (Å²) in [7, 11) is 0. The van der Waals surface area contributed by atoms with E-state index in [1.165, 1.54) is 0 Å². The third-order valence-corrected chi connectivity index (χ3v) is 5.23. The summed E-state index contributed by atoms with van der Waals surface area (Å²) in [5.41, 5.74) is 0.812. The third kappa shape index (κ3) is 2.87. The monoisotopic (exact) mass is 293 g/mol. The van der Waals surface area contributed by atoms with Crippen LogP contribution in [0.25, 0.3) is 0 Å².